The van der Waals surface area contributed by atoms with Gasteiger partial charge < -0.3 is 19.0 Å². The first-order valence-electron chi connectivity index (χ1n) is 11.2. The molecule has 0 spiro atoms. The average Bonchev–Trinajstić information content (AvgIpc) is 3.53. The summed E-state index contributed by atoms with van der Waals surface area (Å²) in [4.78, 5) is 38.4. The van der Waals surface area contributed by atoms with Crippen molar-refractivity contribution in [3.63, 3.8) is 0 Å². The number of furan rings is 1. The van der Waals surface area contributed by atoms with Crippen molar-refractivity contribution in [2.75, 3.05) is 7.11 Å². The van der Waals surface area contributed by atoms with Crippen molar-refractivity contribution < 1.29 is 23.5 Å². The SMILES string of the molecule is COC(=O)c1ccc(CN2C(=O)N/C(=C\c3c(C)n(Cc4ccc(Cl)cc4)c4ccccc34)C2=O)o1. The highest BCUT2D eigenvalue weighted by molar-refractivity contribution is 6.30. The number of hydrogen-bond acceptors (Lipinski definition) is 5. The van der Waals surface area contributed by atoms with E-state index in [1.54, 1.807) is 6.08 Å². The molecule has 0 aliphatic carbocycles. The number of para-hydroxylation sites is 1. The Kier molecular flexibility index (Phi) is 6.12. The van der Waals surface area contributed by atoms with Crippen molar-refractivity contribution in [2.24, 2.45) is 0 Å². The van der Waals surface area contributed by atoms with Crippen LogP contribution in [0.1, 0.15) is 33.1 Å². The van der Waals surface area contributed by atoms with Crippen molar-refractivity contribution in [2.45, 2.75) is 20.0 Å². The number of esters is 1. The molecule has 1 fully saturated rings. The van der Waals surface area contributed by atoms with Gasteiger partial charge in [0.2, 0.25) is 5.76 Å². The summed E-state index contributed by atoms with van der Waals surface area (Å²) in [6, 6.07) is 18.0. The molecule has 0 saturated carbocycles. The van der Waals surface area contributed by atoms with Crippen molar-refractivity contribution >= 4 is 46.5 Å². The second-order valence-corrected chi connectivity index (χ2v) is 8.80. The minimum absolute atomic E-state index is 0.000517. The number of nitrogens with zero attached hydrogens (tertiary/aromatic N) is 2. The van der Waals surface area contributed by atoms with E-state index in [2.05, 4.69) is 14.6 Å². The summed E-state index contributed by atoms with van der Waals surface area (Å²) in [6.07, 6.45) is 1.71. The summed E-state index contributed by atoms with van der Waals surface area (Å²) >= 11 is 6.04. The van der Waals surface area contributed by atoms with Gasteiger partial charge in [0.05, 0.1) is 13.7 Å². The largest absolute Gasteiger partial charge is 0.463 e. The standard InChI is InChI=1S/C27H22ClN3O5/c1-16-21(20-5-3-4-6-23(20)30(16)14-17-7-9-18(28)10-8-17)13-22-25(32)31(27(34)29-22)15-19-11-12-24(36-19)26(33)35-2/h3-13H,14-15H2,1-2H3,(H,29,34)/b22-13-. The molecule has 4 aromatic rings. The molecule has 3 amide bonds. The van der Waals surface area contributed by atoms with Crippen LogP contribution in [0.2, 0.25) is 5.02 Å². The Balaban J connectivity index is 1.46. The lowest BCUT2D eigenvalue weighted by Gasteiger charge is -2.09. The van der Waals surface area contributed by atoms with Crippen LogP contribution < -0.4 is 5.32 Å². The molecule has 182 valence electrons. The number of aromatic nitrogens is 1. The number of carbonyl (C=O) groups excluding carboxylic acids is 3. The molecule has 0 radical (unpaired) electrons. The zero-order valence-corrected chi connectivity index (χ0v) is 20.3. The summed E-state index contributed by atoms with van der Waals surface area (Å²) in [5.74, 6) is -0.829. The van der Waals surface area contributed by atoms with E-state index in [0.29, 0.717) is 11.6 Å². The number of benzene rings is 2. The number of imide groups is 1. The van der Waals surface area contributed by atoms with Gasteiger partial charge in [-0.15, -0.1) is 0 Å². The Morgan fingerprint density at radius 3 is 2.56 bits per heavy atom. The van der Waals surface area contributed by atoms with Gasteiger partial charge in [0.25, 0.3) is 5.91 Å². The number of ether oxygens (including phenoxy) is 1. The second-order valence-electron chi connectivity index (χ2n) is 8.37. The van der Waals surface area contributed by atoms with Gasteiger partial charge in [0, 0.05) is 33.7 Å². The molecule has 0 bridgehead atoms. The first-order chi connectivity index (χ1) is 17.4. The van der Waals surface area contributed by atoms with E-state index in [0.717, 1.165) is 32.6 Å². The monoisotopic (exact) mass is 503 g/mol. The zero-order valence-electron chi connectivity index (χ0n) is 19.6. The first-order valence-corrected chi connectivity index (χ1v) is 11.6. The fraction of sp³-hybridized carbons (Fsp3) is 0.148. The molecular formula is C27H22ClN3O5. The Labute approximate surface area is 211 Å². The third kappa shape index (κ3) is 4.27. The lowest BCUT2D eigenvalue weighted by Crippen LogP contribution is -2.30. The number of amides is 3. The highest BCUT2D eigenvalue weighted by Gasteiger charge is 2.35. The number of nitrogens with one attached hydrogen (secondary N) is 1. The van der Waals surface area contributed by atoms with E-state index in [1.807, 2.05) is 55.5 Å². The maximum absolute atomic E-state index is 13.1. The molecule has 2 aromatic heterocycles. The van der Waals surface area contributed by atoms with Crippen molar-refractivity contribution in [1.82, 2.24) is 14.8 Å². The van der Waals surface area contributed by atoms with E-state index in [1.165, 1.54) is 19.2 Å². The molecule has 1 saturated heterocycles. The van der Waals surface area contributed by atoms with Gasteiger partial charge in [-0.05, 0) is 48.9 Å². The molecule has 1 aliphatic heterocycles. The molecule has 3 heterocycles. The maximum Gasteiger partial charge on any atom is 0.373 e. The maximum atomic E-state index is 13.1. The Morgan fingerprint density at radius 2 is 1.81 bits per heavy atom. The van der Waals surface area contributed by atoms with Crippen LogP contribution in [0.5, 0.6) is 0 Å². The predicted molar refractivity (Wildman–Crippen MR) is 134 cm³/mol. The minimum Gasteiger partial charge on any atom is -0.463 e. The number of halogens is 1. The number of hydrogen-bond donors (Lipinski definition) is 1. The molecule has 1 aliphatic rings. The Bertz CT molecular complexity index is 1530. The van der Waals surface area contributed by atoms with Crippen LogP contribution in [0.3, 0.4) is 0 Å². The smallest absolute Gasteiger partial charge is 0.373 e. The molecule has 0 atom stereocenters. The van der Waals surface area contributed by atoms with E-state index < -0.39 is 17.9 Å². The quantitative estimate of drug-likeness (QED) is 0.224. The first kappa shape index (κ1) is 23.4. The molecule has 9 heteroatoms. The molecular weight excluding hydrogens is 482 g/mol. The van der Waals surface area contributed by atoms with E-state index >= 15 is 0 Å². The molecule has 8 nitrogen and oxygen atoms in total. The average molecular weight is 504 g/mol. The van der Waals surface area contributed by atoms with Crippen LogP contribution in [0.25, 0.3) is 17.0 Å². The Hall–Kier alpha value is -4.30. The number of methoxy groups -OCH3 is 1. The number of urea groups is 1. The number of rotatable bonds is 6. The van der Waals surface area contributed by atoms with E-state index in [4.69, 9.17) is 16.0 Å². The number of carbonyl (C=O) groups is 3. The summed E-state index contributed by atoms with van der Waals surface area (Å²) in [7, 11) is 1.24. The zero-order chi connectivity index (χ0) is 25.4. The van der Waals surface area contributed by atoms with Crippen LogP contribution in [-0.4, -0.2) is 34.5 Å². The highest BCUT2D eigenvalue weighted by atomic mass is 35.5. The van der Waals surface area contributed by atoms with Crippen LogP contribution in [0, 0.1) is 6.92 Å². The van der Waals surface area contributed by atoms with Crippen molar-refractivity contribution in [1.29, 1.82) is 0 Å². The second kappa shape index (κ2) is 9.39. The summed E-state index contributed by atoms with van der Waals surface area (Å²) in [6.45, 7) is 2.50. The molecule has 5 rings (SSSR count). The topological polar surface area (TPSA) is 93.8 Å². The van der Waals surface area contributed by atoms with Crippen LogP contribution in [-0.2, 0) is 22.6 Å². The van der Waals surface area contributed by atoms with Gasteiger partial charge in [-0.2, -0.15) is 0 Å². The lowest BCUT2D eigenvalue weighted by atomic mass is 10.1. The molecule has 0 unspecified atom stereocenters. The van der Waals surface area contributed by atoms with E-state index in [-0.39, 0.29) is 23.8 Å². The van der Waals surface area contributed by atoms with Gasteiger partial charge in [-0.1, -0.05) is 41.9 Å². The Morgan fingerprint density at radius 1 is 1.06 bits per heavy atom. The van der Waals surface area contributed by atoms with Crippen LogP contribution in [0.15, 0.2) is 70.8 Å². The van der Waals surface area contributed by atoms with Gasteiger partial charge >= 0.3 is 12.0 Å². The fourth-order valence-electron chi connectivity index (χ4n) is 4.30. The van der Waals surface area contributed by atoms with Crippen LogP contribution in [0.4, 0.5) is 4.79 Å². The van der Waals surface area contributed by atoms with E-state index in [9.17, 15) is 14.4 Å². The summed E-state index contributed by atoms with van der Waals surface area (Å²) in [5, 5.41) is 4.30. The molecule has 36 heavy (non-hydrogen) atoms. The molecule has 2 aromatic carbocycles. The predicted octanol–water partition coefficient (Wildman–Crippen LogP) is 5.12. The molecule has 1 N–H and O–H groups in total. The number of fused-ring (bicyclic) bond motifs is 1. The minimum atomic E-state index is -0.635. The lowest BCUT2D eigenvalue weighted by molar-refractivity contribution is -0.123. The summed E-state index contributed by atoms with van der Waals surface area (Å²) in [5.41, 5.74) is 4.06. The van der Waals surface area contributed by atoms with Crippen LogP contribution >= 0.6 is 11.6 Å². The van der Waals surface area contributed by atoms with Crippen molar-refractivity contribution in [3.05, 3.63) is 99.7 Å². The van der Waals surface area contributed by atoms with Gasteiger partial charge in [0.15, 0.2) is 0 Å². The summed E-state index contributed by atoms with van der Waals surface area (Å²) < 4.78 is 12.2. The van der Waals surface area contributed by atoms with Gasteiger partial charge in [-0.3, -0.25) is 9.69 Å². The third-order valence-corrected chi connectivity index (χ3v) is 6.40. The third-order valence-electron chi connectivity index (χ3n) is 6.15. The van der Waals surface area contributed by atoms with Gasteiger partial charge in [0.1, 0.15) is 11.5 Å². The van der Waals surface area contributed by atoms with Gasteiger partial charge in [-0.25, -0.2) is 9.59 Å². The van der Waals surface area contributed by atoms with Crippen molar-refractivity contribution in [3.8, 4) is 0 Å². The normalized spacial score (nSPS) is 14.6. The fourth-order valence-corrected chi connectivity index (χ4v) is 4.43. The highest BCUT2D eigenvalue weighted by Crippen LogP contribution is 2.30.